The number of aromatic hydroxyl groups is 1. The minimum absolute atomic E-state index is 0.0530. The molecule has 4 aliphatic heterocycles. The van der Waals surface area contributed by atoms with Gasteiger partial charge >= 0.3 is 0 Å². The van der Waals surface area contributed by atoms with Crippen molar-refractivity contribution in [3.63, 3.8) is 0 Å². The lowest BCUT2D eigenvalue weighted by Gasteiger charge is -2.29. The SMILES string of the molecule is Cc1c(Cl)ccc2c1NC(=O)[C@]21N[C@@H](Cc2ccc(O)cc2)[C@H]2C(=O)N(Cc3ccc4c(c3)OCO4)C(=O)[C@H]21. The van der Waals surface area contributed by atoms with E-state index in [1.807, 2.05) is 6.92 Å². The number of amides is 3. The molecule has 0 radical (unpaired) electrons. The first-order chi connectivity index (χ1) is 18.8. The predicted molar refractivity (Wildman–Crippen MR) is 140 cm³/mol. The van der Waals surface area contributed by atoms with Crippen molar-refractivity contribution in [3.8, 4) is 17.2 Å². The fourth-order valence-corrected chi connectivity index (χ4v) is 6.65. The summed E-state index contributed by atoms with van der Waals surface area (Å²) in [6, 6.07) is 15.0. The zero-order valence-corrected chi connectivity index (χ0v) is 21.6. The average molecular weight is 546 g/mol. The molecule has 4 atom stereocenters. The van der Waals surface area contributed by atoms with Crippen LogP contribution in [-0.4, -0.2) is 40.6 Å². The molecular formula is C29H24ClN3O6. The van der Waals surface area contributed by atoms with E-state index >= 15 is 0 Å². The maximum absolute atomic E-state index is 14.1. The lowest BCUT2D eigenvalue weighted by atomic mass is 9.76. The number of fused-ring (bicyclic) bond motifs is 5. The molecule has 198 valence electrons. The fraction of sp³-hybridized carbons (Fsp3) is 0.276. The first kappa shape index (κ1) is 24.0. The monoisotopic (exact) mass is 545 g/mol. The Morgan fingerprint density at radius 1 is 1.00 bits per heavy atom. The highest BCUT2D eigenvalue weighted by Crippen LogP contribution is 2.54. The summed E-state index contributed by atoms with van der Waals surface area (Å²) in [5.74, 6) is -1.52. The molecule has 7 rings (SSSR count). The summed E-state index contributed by atoms with van der Waals surface area (Å²) in [5.41, 5.74) is 2.04. The van der Waals surface area contributed by atoms with Crippen molar-refractivity contribution in [2.75, 3.05) is 12.1 Å². The van der Waals surface area contributed by atoms with Crippen LogP contribution in [0.2, 0.25) is 5.02 Å². The number of benzene rings is 3. The van der Waals surface area contributed by atoms with Crippen LogP contribution in [0.4, 0.5) is 5.69 Å². The molecule has 10 heteroatoms. The van der Waals surface area contributed by atoms with Crippen LogP contribution in [0.25, 0.3) is 0 Å². The Labute approximate surface area is 228 Å². The third-order valence-corrected chi connectivity index (χ3v) is 8.75. The van der Waals surface area contributed by atoms with Gasteiger partial charge in [0.2, 0.25) is 24.5 Å². The Bertz CT molecular complexity index is 1570. The zero-order valence-electron chi connectivity index (χ0n) is 20.9. The van der Waals surface area contributed by atoms with Gasteiger partial charge in [-0.25, -0.2) is 0 Å². The van der Waals surface area contributed by atoms with Crippen molar-refractivity contribution >= 4 is 35.0 Å². The molecule has 3 aromatic rings. The summed E-state index contributed by atoms with van der Waals surface area (Å²) in [7, 11) is 0. The number of ether oxygens (including phenoxy) is 2. The molecule has 4 aliphatic rings. The number of hydrogen-bond donors (Lipinski definition) is 3. The maximum atomic E-state index is 14.1. The number of hydrogen-bond acceptors (Lipinski definition) is 7. The third kappa shape index (κ3) is 3.39. The van der Waals surface area contributed by atoms with Gasteiger partial charge in [-0.2, -0.15) is 0 Å². The molecule has 3 N–H and O–H groups in total. The maximum Gasteiger partial charge on any atom is 0.250 e. The van der Waals surface area contributed by atoms with Gasteiger partial charge in [0.05, 0.1) is 24.1 Å². The zero-order chi connectivity index (χ0) is 27.1. The van der Waals surface area contributed by atoms with Crippen LogP contribution in [0.5, 0.6) is 17.2 Å². The van der Waals surface area contributed by atoms with E-state index < -0.39 is 29.3 Å². The Morgan fingerprint density at radius 2 is 1.74 bits per heavy atom. The van der Waals surface area contributed by atoms with Gasteiger partial charge in [0.15, 0.2) is 11.5 Å². The molecule has 0 unspecified atom stereocenters. The minimum atomic E-state index is -1.42. The molecule has 1 spiro atoms. The summed E-state index contributed by atoms with van der Waals surface area (Å²) in [6.07, 6.45) is 0.384. The lowest BCUT2D eigenvalue weighted by molar-refractivity contribution is -0.143. The van der Waals surface area contributed by atoms with Crippen LogP contribution in [-0.2, 0) is 32.9 Å². The van der Waals surface area contributed by atoms with E-state index in [4.69, 9.17) is 21.1 Å². The largest absolute Gasteiger partial charge is 0.508 e. The van der Waals surface area contributed by atoms with Gasteiger partial charge in [-0.1, -0.05) is 35.9 Å². The first-order valence-corrected chi connectivity index (χ1v) is 13.1. The van der Waals surface area contributed by atoms with Crippen molar-refractivity contribution in [1.29, 1.82) is 0 Å². The number of nitrogens with one attached hydrogen (secondary N) is 2. The van der Waals surface area contributed by atoms with E-state index in [1.165, 1.54) is 4.90 Å². The number of nitrogens with zero attached hydrogens (tertiary/aromatic N) is 1. The van der Waals surface area contributed by atoms with E-state index in [9.17, 15) is 19.5 Å². The number of rotatable bonds is 4. The molecule has 0 saturated carbocycles. The Morgan fingerprint density at radius 3 is 2.54 bits per heavy atom. The molecule has 3 aromatic carbocycles. The van der Waals surface area contributed by atoms with Crippen LogP contribution >= 0.6 is 11.6 Å². The second kappa shape index (κ2) is 8.46. The summed E-state index contributed by atoms with van der Waals surface area (Å²) in [5, 5.41) is 16.6. The number of carbonyl (C=O) groups excluding carboxylic acids is 3. The highest BCUT2D eigenvalue weighted by Gasteiger charge is 2.70. The Kier molecular flexibility index (Phi) is 5.20. The summed E-state index contributed by atoms with van der Waals surface area (Å²) in [4.78, 5) is 43.1. The standard InChI is InChI=1S/C29H24ClN3O6/c1-14-19(30)8-7-18-25(14)31-28(37)29(18)24-23(20(32-29)10-15-2-5-17(34)6-3-15)26(35)33(27(24)36)12-16-4-9-21-22(11-16)39-13-38-21/h2-9,11,20,23-24,32,34H,10,12-13H2,1H3,(H,31,37)/t20-,23+,24-,29-/m0/s1. The van der Waals surface area contributed by atoms with Crippen molar-refractivity contribution < 1.29 is 29.0 Å². The molecule has 39 heavy (non-hydrogen) atoms. The molecular weight excluding hydrogens is 522 g/mol. The van der Waals surface area contributed by atoms with Gasteiger partial charge in [0.1, 0.15) is 11.3 Å². The molecule has 2 saturated heterocycles. The van der Waals surface area contributed by atoms with E-state index in [0.29, 0.717) is 39.8 Å². The third-order valence-electron chi connectivity index (χ3n) is 8.35. The number of halogens is 1. The highest BCUT2D eigenvalue weighted by atomic mass is 35.5. The van der Waals surface area contributed by atoms with Crippen LogP contribution in [0.3, 0.4) is 0 Å². The predicted octanol–water partition coefficient (Wildman–Crippen LogP) is 3.25. The number of likely N-dealkylation sites (tertiary alicyclic amines) is 1. The molecule has 9 nitrogen and oxygen atoms in total. The quantitative estimate of drug-likeness (QED) is 0.431. The summed E-state index contributed by atoms with van der Waals surface area (Å²) >= 11 is 6.36. The molecule has 3 amide bonds. The number of phenols is 1. The van der Waals surface area contributed by atoms with Crippen molar-refractivity contribution in [1.82, 2.24) is 10.2 Å². The summed E-state index contributed by atoms with van der Waals surface area (Å²) < 4.78 is 10.9. The second-order valence-corrected chi connectivity index (χ2v) is 10.8. The van der Waals surface area contributed by atoms with E-state index in [-0.39, 0.29) is 30.9 Å². The van der Waals surface area contributed by atoms with Crippen LogP contribution < -0.4 is 20.1 Å². The molecule has 0 bridgehead atoms. The number of anilines is 1. The van der Waals surface area contributed by atoms with Crippen molar-refractivity contribution in [3.05, 3.63) is 81.9 Å². The van der Waals surface area contributed by atoms with Crippen LogP contribution in [0.15, 0.2) is 54.6 Å². The van der Waals surface area contributed by atoms with E-state index in [0.717, 1.165) is 11.1 Å². The van der Waals surface area contributed by atoms with Gasteiger partial charge in [-0.3, -0.25) is 24.6 Å². The lowest BCUT2D eigenvalue weighted by Crippen LogP contribution is -2.53. The van der Waals surface area contributed by atoms with Gasteiger partial charge in [0.25, 0.3) is 0 Å². The molecule has 0 aliphatic carbocycles. The fourth-order valence-electron chi connectivity index (χ4n) is 6.49. The van der Waals surface area contributed by atoms with Gasteiger partial charge in [-0.05, 0) is 60.4 Å². The van der Waals surface area contributed by atoms with Crippen LogP contribution in [0, 0.1) is 18.8 Å². The van der Waals surface area contributed by atoms with Gasteiger partial charge in [-0.15, -0.1) is 0 Å². The van der Waals surface area contributed by atoms with E-state index in [1.54, 1.807) is 54.6 Å². The second-order valence-electron chi connectivity index (χ2n) is 10.4. The average Bonchev–Trinajstić information content (AvgIpc) is 3.65. The van der Waals surface area contributed by atoms with Gasteiger partial charge in [0, 0.05) is 16.6 Å². The molecule has 0 aromatic heterocycles. The van der Waals surface area contributed by atoms with Crippen molar-refractivity contribution in [2.24, 2.45) is 11.8 Å². The number of imide groups is 1. The topological polar surface area (TPSA) is 117 Å². The molecule has 2 fully saturated rings. The Balaban J connectivity index is 1.31. The van der Waals surface area contributed by atoms with Gasteiger partial charge < -0.3 is 19.9 Å². The van der Waals surface area contributed by atoms with Crippen molar-refractivity contribution in [2.45, 2.75) is 31.5 Å². The minimum Gasteiger partial charge on any atom is -0.508 e. The van der Waals surface area contributed by atoms with Crippen LogP contribution in [0.1, 0.15) is 22.3 Å². The first-order valence-electron chi connectivity index (χ1n) is 12.7. The summed E-state index contributed by atoms with van der Waals surface area (Å²) in [6.45, 7) is 1.99. The number of phenolic OH excluding ortho intramolecular Hbond substituents is 1. The molecule has 4 heterocycles. The number of carbonyl (C=O) groups is 3. The smallest absolute Gasteiger partial charge is 0.250 e. The normalized spacial score (nSPS) is 26.4. The highest BCUT2D eigenvalue weighted by molar-refractivity contribution is 6.32. The van der Waals surface area contributed by atoms with E-state index in [2.05, 4.69) is 10.6 Å². The Hall–Kier alpha value is -4.08.